The molecule has 0 aliphatic carbocycles. The van der Waals surface area contributed by atoms with E-state index in [0.717, 1.165) is 16.6 Å². The van der Waals surface area contributed by atoms with Gasteiger partial charge < -0.3 is 11.1 Å². The van der Waals surface area contributed by atoms with Crippen LogP contribution in [0.25, 0.3) is 22.2 Å². The number of sulfonamides is 1. The number of nitrogens with zero attached hydrogens (tertiary/aromatic N) is 4. The number of hydrogen-bond donors (Lipinski definition) is 2. The van der Waals surface area contributed by atoms with Gasteiger partial charge in [0.1, 0.15) is 17.0 Å². The molecular formula is C22H24F4N6O2S. The zero-order valence-electron chi connectivity index (χ0n) is 19.0. The summed E-state index contributed by atoms with van der Waals surface area (Å²) in [6.07, 6.45) is 2.86. The summed E-state index contributed by atoms with van der Waals surface area (Å²) in [6, 6.07) is 4.05. The monoisotopic (exact) mass is 512 g/mol. The van der Waals surface area contributed by atoms with Crippen LogP contribution in [0.3, 0.4) is 0 Å². The molecule has 0 saturated carbocycles. The van der Waals surface area contributed by atoms with E-state index in [1.807, 2.05) is 0 Å². The van der Waals surface area contributed by atoms with E-state index in [-0.39, 0.29) is 54.7 Å². The Bertz CT molecular complexity index is 1360. The molecule has 0 unspecified atom stereocenters. The summed E-state index contributed by atoms with van der Waals surface area (Å²) in [5.74, 6) is -4.87. The van der Waals surface area contributed by atoms with Crippen molar-refractivity contribution in [2.24, 2.45) is 5.73 Å². The number of aromatic nitrogens is 3. The molecule has 0 radical (unpaired) electrons. The van der Waals surface area contributed by atoms with Crippen molar-refractivity contribution in [3.05, 3.63) is 47.8 Å². The van der Waals surface area contributed by atoms with Crippen molar-refractivity contribution in [2.45, 2.75) is 44.0 Å². The number of nitrogens with two attached hydrogens (primary N) is 1. The fraction of sp³-hybridized carbons (Fsp3) is 0.409. The molecule has 3 N–H and O–H groups in total. The van der Waals surface area contributed by atoms with Crippen LogP contribution in [0.1, 0.15) is 32.3 Å². The second-order valence-electron chi connectivity index (χ2n) is 8.95. The number of rotatable bonds is 6. The van der Waals surface area contributed by atoms with Gasteiger partial charge in [-0.3, -0.25) is 4.98 Å². The van der Waals surface area contributed by atoms with Gasteiger partial charge in [0.15, 0.2) is 5.82 Å². The highest BCUT2D eigenvalue weighted by molar-refractivity contribution is 7.89. The Morgan fingerprint density at radius 2 is 1.83 bits per heavy atom. The number of pyridine rings is 1. The molecule has 13 heteroatoms. The van der Waals surface area contributed by atoms with Crippen molar-refractivity contribution in [3.63, 3.8) is 0 Å². The average molecular weight is 513 g/mol. The van der Waals surface area contributed by atoms with Crippen LogP contribution in [-0.4, -0.2) is 52.6 Å². The molecule has 0 bridgehead atoms. The summed E-state index contributed by atoms with van der Waals surface area (Å²) in [6.45, 7) is 3.33. The summed E-state index contributed by atoms with van der Waals surface area (Å²) < 4.78 is 79.2. The van der Waals surface area contributed by atoms with Gasteiger partial charge in [-0.2, -0.15) is 13.1 Å². The smallest absolute Gasteiger partial charge is 0.350 e. The molecule has 4 rings (SSSR count). The number of fused-ring (bicyclic) bond motifs is 1. The molecule has 3 heterocycles. The van der Waals surface area contributed by atoms with Crippen LogP contribution in [0.5, 0.6) is 0 Å². The lowest BCUT2D eigenvalue weighted by molar-refractivity contribution is 0.212. The first kappa shape index (κ1) is 25.2. The highest BCUT2D eigenvalue weighted by Crippen LogP contribution is 2.32. The van der Waals surface area contributed by atoms with Gasteiger partial charge in [-0.05, 0) is 50.5 Å². The SMILES string of the molecule is CC(C)(N)c1ccnc2c(F)cc(-c3nc(NC4CCN(S(=O)(=O)C(F)F)CC4)ncc3F)cc12. The van der Waals surface area contributed by atoms with Crippen LogP contribution in [0.2, 0.25) is 0 Å². The highest BCUT2D eigenvalue weighted by Gasteiger charge is 2.35. The first-order chi connectivity index (χ1) is 16.4. The normalized spacial score (nSPS) is 16.2. The summed E-state index contributed by atoms with van der Waals surface area (Å²) in [5.41, 5.74) is 6.16. The Balaban J connectivity index is 1.61. The predicted octanol–water partition coefficient (Wildman–Crippen LogP) is 3.59. The van der Waals surface area contributed by atoms with Gasteiger partial charge in [-0.1, -0.05) is 0 Å². The van der Waals surface area contributed by atoms with Crippen LogP contribution >= 0.6 is 0 Å². The maximum Gasteiger partial charge on any atom is 0.350 e. The number of piperidine rings is 1. The van der Waals surface area contributed by atoms with E-state index in [1.165, 1.54) is 6.20 Å². The molecule has 1 fully saturated rings. The van der Waals surface area contributed by atoms with E-state index in [1.54, 1.807) is 26.0 Å². The maximum absolute atomic E-state index is 14.9. The van der Waals surface area contributed by atoms with E-state index in [2.05, 4.69) is 20.3 Å². The molecule has 0 spiro atoms. The largest absolute Gasteiger partial charge is 0.351 e. The van der Waals surface area contributed by atoms with E-state index in [4.69, 9.17) is 5.73 Å². The number of nitrogens with one attached hydrogen (secondary N) is 1. The summed E-state index contributed by atoms with van der Waals surface area (Å²) in [5, 5.41) is 3.41. The summed E-state index contributed by atoms with van der Waals surface area (Å²) in [7, 11) is -4.64. The van der Waals surface area contributed by atoms with Gasteiger partial charge in [0, 0.05) is 41.8 Å². The van der Waals surface area contributed by atoms with Gasteiger partial charge in [-0.15, -0.1) is 0 Å². The van der Waals surface area contributed by atoms with E-state index >= 15 is 0 Å². The van der Waals surface area contributed by atoms with Crippen LogP contribution in [0.4, 0.5) is 23.5 Å². The summed E-state index contributed by atoms with van der Waals surface area (Å²) in [4.78, 5) is 12.2. The lowest BCUT2D eigenvalue weighted by Gasteiger charge is -2.31. The van der Waals surface area contributed by atoms with E-state index in [9.17, 15) is 26.0 Å². The van der Waals surface area contributed by atoms with Crippen molar-refractivity contribution in [3.8, 4) is 11.3 Å². The summed E-state index contributed by atoms with van der Waals surface area (Å²) >= 11 is 0. The maximum atomic E-state index is 14.9. The molecule has 0 amide bonds. The topological polar surface area (TPSA) is 114 Å². The number of anilines is 1. The molecule has 1 saturated heterocycles. The van der Waals surface area contributed by atoms with Gasteiger partial charge in [0.2, 0.25) is 5.95 Å². The van der Waals surface area contributed by atoms with Crippen LogP contribution in [0, 0.1) is 11.6 Å². The third-order valence-corrected chi connectivity index (χ3v) is 7.42. The predicted molar refractivity (Wildman–Crippen MR) is 123 cm³/mol. The molecule has 188 valence electrons. The molecule has 2 aromatic heterocycles. The van der Waals surface area contributed by atoms with Gasteiger partial charge in [0.05, 0.1) is 6.20 Å². The number of hydrogen-bond acceptors (Lipinski definition) is 7. The molecule has 8 nitrogen and oxygen atoms in total. The Hall–Kier alpha value is -2.90. The zero-order chi connectivity index (χ0) is 25.5. The standard InChI is InChI=1S/C22H24F4N6O2S/c1-22(2,27)15-3-6-28-19-14(15)9-12(10-16(19)23)18-17(24)11-29-21(31-18)30-13-4-7-32(8-5-13)35(33,34)20(25)26/h3,6,9-11,13,20H,4-5,7-8,27H2,1-2H3,(H,29,30,31). The highest BCUT2D eigenvalue weighted by atomic mass is 32.2. The van der Waals surface area contributed by atoms with Gasteiger partial charge in [0.25, 0.3) is 10.0 Å². The Kier molecular flexibility index (Phi) is 6.68. The molecule has 1 aliphatic rings. The van der Waals surface area contributed by atoms with Crippen molar-refractivity contribution in [2.75, 3.05) is 18.4 Å². The van der Waals surface area contributed by atoms with E-state index in [0.29, 0.717) is 10.9 Å². The molecule has 3 aromatic rings. The molecule has 1 aliphatic heterocycles. The average Bonchev–Trinajstić information content (AvgIpc) is 2.79. The number of alkyl halides is 2. The second kappa shape index (κ2) is 9.28. The molecule has 35 heavy (non-hydrogen) atoms. The van der Waals surface area contributed by atoms with Crippen LogP contribution < -0.4 is 11.1 Å². The molecule has 1 aromatic carbocycles. The van der Waals surface area contributed by atoms with Crippen molar-refractivity contribution in [1.82, 2.24) is 19.3 Å². The minimum Gasteiger partial charge on any atom is -0.351 e. The van der Waals surface area contributed by atoms with Gasteiger partial charge >= 0.3 is 5.76 Å². The Labute approximate surface area is 199 Å². The second-order valence-corrected chi connectivity index (χ2v) is 10.9. The quantitative estimate of drug-likeness (QED) is 0.485. The fourth-order valence-corrected chi connectivity index (χ4v) is 5.04. The van der Waals surface area contributed by atoms with E-state index < -0.39 is 33.0 Å². The van der Waals surface area contributed by atoms with Gasteiger partial charge in [-0.25, -0.2) is 27.2 Å². The Morgan fingerprint density at radius 3 is 2.46 bits per heavy atom. The minimum atomic E-state index is -4.64. The fourth-order valence-electron chi connectivity index (χ4n) is 4.10. The lowest BCUT2D eigenvalue weighted by Crippen LogP contribution is -2.44. The molecule has 0 atom stereocenters. The van der Waals surface area contributed by atoms with Crippen molar-refractivity contribution in [1.29, 1.82) is 0 Å². The Morgan fingerprint density at radius 1 is 1.14 bits per heavy atom. The minimum absolute atomic E-state index is 0.0441. The van der Waals surface area contributed by atoms with Crippen molar-refractivity contribution < 1.29 is 26.0 Å². The third-order valence-electron chi connectivity index (χ3n) is 5.88. The first-order valence-electron chi connectivity index (χ1n) is 10.8. The third kappa shape index (κ3) is 5.07. The molecular weight excluding hydrogens is 488 g/mol. The van der Waals surface area contributed by atoms with Crippen LogP contribution in [0.15, 0.2) is 30.6 Å². The number of benzene rings is 1. The first-order valence-corrected chi connectivity index (χ1v) is 12.3. The zero-order valence-corrected chi connectivity index (χ0v) is 19.8. The van der Waals surface area contributed by atoms with Crippen LogP contribution in [-0.2, 0) is 15.6 Å². The number of halogens is 4. The lowest BCUT2D eigenvalue weighted by atomic mass is 9.91. The van der Waals surface area contributed by atoms with Crippen molar-refractivity contribution >= 4 is 26.9 Å².